The van der Waals surface area contributed by atoms with Crippen LogP contribution in [0.4, 0.5) is 0 Å². The molecule has 158 valence electrons. The van der Waals surface area contributed by atoms with E-state index in [1.165, 1.54) is 21.8 Å². The highest BCUT2D eigenvalue weighted by atomic mass is 16.2. The molecule has 0 saturated heterocycles. The number of aromatic nitrogens is 8. The fourth-order valence-corrected chi connectivity index (χ4v) is 3.78. The summed E-state index contributed by atoms with van der Waals surface area (Å²) in [7, 11) is 4.92. The van der Waals surface area contributed by atoms with Crippen LogP contribution in [0.3, 0.4) is 0 Å². The SMILES string of the molecule is CCn1c(=O)n(CCCn2c(=O)c3c(ncn3C)n(C)c2=O)c(=O)c2c1ncn2C. The van der Waals surface area contributed by atoms with E-state index in [4.69, 9.17) is 0 Å². The van der Waals surface area contributed by atoms with Crippen LogP contribution in [-0.2, 0) is 40.8 Å². The summed E-state index contributed by atoms with van der Waals surface area (Å²) < 4.78 is 8.13. The first kappa shape index (κ1) is 19.6. The quantitative estimate of drug-likeness (QED) is 0.402. The average molecular weight is 414 g/mol. The molecule has 12 heteroatoms. The van der Waals surface area contributed by atoms with E-state index < -0.39 is 22.5 Å². The van der Waals surface area contributed by atoms with Crippen LogP contribution in [0, 0.1) is 0 Å². The van der Waals surface area contributed by atoms with Crippen molar-refractivity contribution < 1.29 is 0 Å². The highest BCUT2D eigenvalue weighted by Gasteiger charge is 2.17. The van der Waals surface area contributed by atoms with Gasteiger partial charge in [0.1, 0.15) is 0 Å². The summed E-state index contributed by atoms with van der Waals surface area (Å²) in [6.45, 7) is 2.30. The molecule has 0 atom stereocenters. The molecule has 0 amide bonds. The molecule has 0 bridgehead atoms. The Morgan fingerprint density at radius 2 is 1.23 bits per heavy atom. The lowest BCUT2D eigenvalue weighted by Gasteiger charge is -2.11. The standard InChI is InChI=1S/C18H22N8O4/c1-5-24-14-12(22(3)10-20-14)16(28)26(18(24)30)8-6-7-25-15(27)11-13(19-9-21(11)2)23(4)17(25)29/h9-10H,5-8H2,1-4H3. The van der Waals surface area contributed by atoms with Crippen LogP contribution in [-0.4, -0.2) is 37.4 Å². The second-order valence-electron chi connectivity index (χ2n) is 7.19. The molecule has 0 spiro atoms. The van der Waals surface area contributed by atoms with Crippen LogP contribution >= 0.6 is 0 Å². The molecular weight excluding hydrogens is 392 g/mol. The van der Waals surface area contributed by atoms with Crippen LogP contribution in [0.5, 0.6) is 0 Å². The van der Waals surface area contributed by atoms with Crippen LogP contribution in [0.15, 0.2) is 31.8 Å². The van der Waals surface area contributed by atoms with E-state index in [1.807, 2.05) is 0 Å². The molecule has 0 saturated carbocycles. The Balaban J connectivity index is 1.73. The number of rotatable bonds is 5. The van der Waals surface area contributed by atoms with E-state index in [-0.39, 0.29) is 19.5 Å². The lowest BCUT2D eigenvalue weighted by molar-refractivity contribution is 0.496. The molecule has 0 unspecified atom stereocenters. The number of aryl methyl sites for hydroxylation is 4. The van der Waals surface area contributed by atoms with Crippen LogP contribution < -0.4 is 22.5 Å². The van der Waals surface area contributed by atoms with E-state index in [2.05, 4.69) is 9.97 Å². The minimum absolute atomic E-state index is 0.0635. The highest BCUT2D eigenvalue weighted by Crippen LogP contribution is 2.05. The van der Waals surface area contributed by atoms with Crippen LogP contribution in [0.25, 0.3) is 22.3 Å². The van der Waals surface area contributed by atoms with Gasteiger partial charge in [-0.15, -0.1) is 0 Å². The van der Waals surface area contributed by atoms with Crippen molar-refractivity contribution in [1.29, 1.82) is 0 Å². The molecule has 4 aromatic rings. The van der Waals surface area contributed by atoms with Crippen molar-refractivity contribution in [2.45, 2.75) is 33.0 Å². The highest BCUT2D eigenvalue weighted by molar-refractivity contribution is 5.70. The topological polar surface area (TPSA) is 124 Å². The Kier molecular flexibility index (Phi) is 4.56. The maximum atomic E-state index is 12.9. The lowest BCUT2D eigenvalue weighted by atomic mass is 10.3. The molecule has 4 aromatic heterocycles. The van der Waals surface area contributed by atoms with Gasteiger partial charge in [-0.05, 0) is 13.3 Å². The maximum absolute atomic E-state index is 12.9. The third-order valence-electron chi connectivity index (χ3n) is 5.36. The normalized spacial score (nSPS) is 11.7. The molecule has 4 heterocycles. The molecule has 0 aliphatic carbocycles. The molecule has 0 aromatic carbocycles. The van der Waals surface area contributed by atoms with E-state index in [1.54, 1.807) is 37.2 Å². The van der Waals surface area contributed by atoms with Crippen LogP contribution in [0.1, 0.15) is 13.3 Å². The van der Waals surface area contributed by atoms with E-state index in [9.17, 15) is 19.2 Å². The van der Waals surface area contributed by atoms with Gasteiger partial charge in [0, 0.05) is 40.8 Å². The minimum Gasteiger partial charge on any atom is -0.328 e. The molecular formula is C18H22N8O4. The molecule has 0 aliphatic rings. The van der Waals surface area contributed by atoms with Crippen molar-refractivity contribution >= 4 is 22.3 Å². The van der Waals surface area contributed by atoms with E-state index in [0.29, 0.717) is 28.9 Å². The monoisotopic (exact) mass is 414 g/mol. The second kappa shape index (κ2) is 6.97. The third-order valence-corrected chi connectivity index (χ3v) is 5.36. The summed E-state index contributed by atoms with van der Waals surface area (Å²) in [5.41, 5.74) is -0.539. The average Bonchev–Trinajstić information content (AvgIpc) is 3.28. The second-order valence-corrected chi connectivity index (χ2v) is 7.19. The van der Waals surface area contributed by atoms with Gasteiger partial charge in [0.2, 0.25) is 0 Å². The van der Waals surface area contributed by atoms with Gasteiger partial charge in [0.15, 0.2) is 22.3 Å². The first-order chi connectivity index (χ1) is 14.3. The Morgan fingerprint density at radius 1 is 0.733 bits per heavy atom. The van der Waals surface area contributed by atoms with Crippen molar-refractivity contribution in [3.05, 3.63) is 54.3 Å². The first-order valence-corrected chi connectivity index (χ1v) is 9.53. The predicted octanol–water partition coefficient (Wildman–Crippen LogP) is -1.25. The fourth-order valence-electron chi connectivity index (χ4n) is 3.78. The van der Waals surface area contributed by atoms with Gasteiger partial charge >= 0.3 is 11.4 Å². The molecule has 0 radical (unpaired) electrons. The summed E-state index contributed by atoms with van der Waals surface area (Å²) >= 11 is 0. The lowest BCUT2D eigenvalue weighted by Crippen LogP contribution is -2.42. The predicted molar refractivity (Wildman–Crippen MR) is 110 cm³/mol. The van der Waals surface area contributed by atoms with Crippen molar-refractivity contribution in [3.63, 3.8) is 0 Å². The van der Waals surface area contributed by atoms with Crippen molar-refractivity contribution in [2.75, 3.05) is 0 Å². The number of hydrogen-bond acceptors (Lipinski definition) is 6. The summed E-state index contributed by atoms with van der Waals surface area (Å²) in [5, 5.41) is 0. The Bertz CT molecular complexity index is 1520. The molecule has 0 aliphatic heterocycles. The van der Waals surface area contributed by atoms with E-state index in [0.717, 1.165) is 9.13 Å². The molecule has 0 N–H and O–H groups in total. The van der Waals surface area contributed by atoms with Gasteiger partial charge in [-0.2, -0.15) is 0 Å². The van der Waals surface area contributed by atoms with Gasteiger partial charge in [0.05, 0.1) is 12.7 Å². The van der Waals surface area contributed by atoms with Crippen molar-refractivity contribution in [3.8, 4) is 0 Å². The largest absolute Gasteiger partial charge is 0.332 e. The van der Waals surface area contributed by atoms with Gasteiger partial charge in [-0.3, -0.25) is 27.9 Å². The molecule has 4 rings (SSSR count). The zero-order chi connectivity index (χ0) is 21.7. The summed E-state index contributed by atoms with van der Waals surface area (Å²) in [6.07, 6.45) is 3.22. The number of hydrogen-bond donors (Lipinski definition) is 0. The van der Waals surface area contributed by atoms with E-state index >= 15 is 0 Å². The minimum atomic E-state index is -0.494. The Morgan fingerprint density at radius 3 is 1.80 bits per heavy atom. The number of nitrogens with zero attached hydrogens (tertiary/aromatic N) is 8. The summed E-state index contributed by atoms with van der Waals surface area (Å²) in [6, 6.07) is 0. The molecule has 12 nitrogen and oxygen atoms in total. The Hall–Kier alpha value is -3.70. The summed E-state index contributed by atoms with van der Waals surface area (Å²) in [5.74, 6) is 0. The Labute approximate surface area is 168 Å². The van der Waals surface area contributed by atoms with Gasteiger partial charge in [-0.1, -0.05) is 0 Å². The molecule has 0 fully saturated rings. The summed E-state index contributed by atoms with van der Waals surface area (Å²) in [4.78, 5) is 59.3. The van der Waals surface area contributed by atoms with Crippen molar-refractivity contribution in [2.24, 2.45) is 21.1 Å². The third kappa shape index (κ3) is 2.67. The number of fused-ring (bicyclic) bond motifs is 2. The van der Waals surface area contributed by atoms with Gasteiger partial charge in [0.25, 0.3) is 11.1 Å². The fraction of sp³-hybridized carbons (Fsp3) is 0.444. The maximum Gasteiger partial charge on any atom is 0.332 e. The zero-order valence-electron chi connectivity index (χ0n) is 17.2. The zero-order valence-corrected chi connectivity index (χ0v) is 17.2. The molecule has 30 heavy (non-hydrogen) atoms. The number of imidazole rings is 2. The van der Waals surface area contributed by atoms with Crippen LogP contribution in [0.2, 0.25) is 0 Å². The first-order valence-electron chi connectivity index (χ1n) is 9.53. The van der Waals surface area contributed by atoms with Gasteiger partial charge in [-0.25, -0.2) is 19.6 Å². The van der Waals surface area contributed by atoms with Crippen molar-refractivity contribution in [1.82, 2.24) is 37.4 Å². The smallest absolute Gasteiger partial charge is 0.328 e. The van der Waals surface area contributed by atoms with Gasteiger partial charge < -0.3 is 9.13 Å².